The fourth-order valence-electron chi connectivity index (χ4n) is 1.63. The highest BCUT2D eigenvalue weighted by atomic mass is 35.5. The van der Waals surface area contributed by atoms with E-state index >= 15 is 0 Å². The second-order valence-electron chi connectivity index (χ2n) is 3.94. The number of hydrogen-bond donors (Lipinski definition) is 0. The zero-order valence-corrected chi connectivity index (χ0v) is 9.06. The summed E-state index contributed by atoms with van der Waals surface area (Å²) in [5, 5.41) is 0.415. The van der Waals surface area contributed by atoms with Crippen LogP contribution in [-0.4, -0.2) is 5.78 Å². The number of Topliss-reactive ketones (excluding diaryl/α,β-unsaturated/α-hetero) is 1. The molecule has 2 rings (SSSR count). The van der Waals surface area contributed by atoms with Gasteiger partial charge in [-0.15, -0.1) is 0 Å². The van der Waals surface area contributed by atoms with Crippen molar-refractivity contribution in [2.45, 2.75) is 25.7 Å². The molecule has 0 unspecified atom stereocenters. The summed E-state index contributed by atoms with van der Waals surface area (Å²) in [7, 11) is 0. The molecular formula is C12H12ClFO. The zero-order chi connectivity index (χ0) is 10.8. The van der Waals surface area contributed by atoms with Gasteiger partial charge in [-0.25, -0.2) is 4.39 Å². The SMILES string of the molecule is O=C(CCc1c(F)cccc1Cl)C1CC1. The van der Waals surface area contributed by atoms with Gasteiger partial charge >= 0.3 is 0 Å². The first-order valence-corrected chi connectivity index (χ1v) is 5.52. The fourth-order valence-corrected chi connectivity index (χ4v) is 1.89. The van der Waals surface area contributed by atoms with Gasteiger partial charge in [-0.2, -0.15) is 0 Å². The Hall–Kier alpha value is -0.890. The monoisotopic (exact) mass is 226 g/mol. The standard InChI is InChI=1S/C12H12ClFO/c13-10-2-1-3-11(14)9(10)6-7-12(15)8-4-5-8/h1-3,8H,4-7H2. The Morgan fingerprint density at radius 1 is 1.47 bits per heavy atom. The molecule has 0 aromatic heterocycles. The Morgan fingerprint density at radius 3 is 2.80 bits per heavy atom. The van der Waals surface area contributed by atoms with Gasteiger partial charge in [0.1, 0.15) is 11.6 Å². The summed E-state index contributed by atoms with van der Waals surface area (Å²) in [6, 6.07) is 4.61. The van der Waals surface area contributed by atoms with Gasteiger partial charge in [0, 0.05) is 22.9 Å². The Kier molecular flexibility index (Phi) is 3.06. The fraction of sp³-hybridized carbons (Fsp3) is 0.417. The molecule has 0 atom stereocenters. The number of hydrogen-bond acceptors (Lipinski definition) is 1. The van der Waals surface area contributed by atoms with Crippen LogP contribution in [0.15, 0.2) is 18.2 Å². The number of rotatable bonds is 4. The van der Waals surface area contributed by atoms with Gasteiger partial charge in [-0.1, -0.05) is 17.7 Å². The minimum Gasteiger partial charge on any atom is -0.299 e. The predicted molar refractivity (Wildman–Crippen MR) is 57.5 cm³/mol. The molecule has 1 aromatic rings. The minimum atomic E-state index is -0.314. The smallest absolute Gasteiger partial charge is 0.136 e. The van der Waals surface area contributed by atoms with E-state index in [0.717, 1.165) is 12.8 Å². The van der Waals surface area contributed by atoms with Gasteiger partial charge in [-0.05, 0) is 31.4 Å². The molecule has 0 bridgehead atoms. The van der Waals surface area contributed by atoms with Crippen LogP contribution in [0.1, 0.15) is 24.8 Å². The normalized spacial score (nSPS) is 15.3. The van der Waals surface area contributed by atoms with Gasteiger partial charge in [0.25, 0.3) is 0 Å². The number of carbonyl (C=O) groups is 1. The van der Waals surface area contributed by atoms with E-state index in [9.17, 15) is 9.18 Å². The first-order valence-electron chi connectivity index (χ1n) is 5.14. The van der Waals surface area contributed by atoms with Crippen molar-refractivity contribution < 1.29 is 9.18 Å². The molecule has 0 spiro atoms. The Labute approximate surface area is 93.2 Å². The van der Waals surface area contributed by atoms with Crippen LogP contribution in [0, 0.1) is 11.7 Å². The number of halogens is 2. The predicted octanol–water partition coefficient (Wildman–Crippen LogP) is 3.39. The molecule has 1 aliphatic carbocycles. The van der Waals surface area contributed by atoms with Gasteiger partial charge in [0.05, 0.1) is 0 Å². The lowest BCUT2D eigenvalue weighted by atomic mass is 10.0. The average Bonchev–Trinajstić information content (AvgIpc) is 2.99. The highest BCUT2D eigenvalue weighted by Crippen LogP contribution is 2.31. The Morgan fingerprint density at radius 2 is 2.20 bits per heavy atom. The topological polar surface area (TPSA) is 17.1 Å². The molecule has 1 aliphatic rings. The van der Waals surface area contributed by atoms with Crippen LogP contribution in [0.4, 0.5) is 4.39 Å². The summed E-state index contributed by atoms with van der Waals surface area (Å²) in [4.78, 5) is 11.4. The largest absolute Gasteiger partial charge is 0.299 e. The molecule has 1 nitrogen and oxygen atoms in total. The third-order valence-corrected chi connectivity index (χ3v) is 3.07. The first-order chi connectivity index (χ1) is 7.18. The van der Waals surface area contributed by atoms with E-state index in [2.05, 4.69) is 0 Å². The van der Waals surface area contributed by atoms with Crippen molar-refractivity contribution in [3.63, 3.8) is 0 Å². The number of ketones is 1. The van der Waals surface area contributed by atoms with Gasteiger partial charge in [0.2, 0.25) is 0 Å². The maximum atomic E-state index is 13.3. The Balaban J connectivity index is 2.00. The molecule has 3 heteroatoms. The van der Waals surface area contributed by atoms with Crippen molar-refractivity contribution in [3.8, 4) is 0 Å². The van der Waals surface area contributed by atoms with E-state index in [1.54, 1.807) is 12.1 Å². The number of carbonyl (C=O) groups excluding carboxylic acids is 1. The summed E-state index contributed by atoms with van der Waals surface area (Å²) in [6.07, 6.45) is 2.83. The minimum absolute atomic E-state index is 0.245. The third-order valence-electron chi connectivity index (χ3n) is 2.72. The van der Waals surface area contributed by atoms with Crippen molar-refractivity contribution >= 4 is 17.4 Å². The molecule has 1 fully saturated rings. The maximum Gasteiger partial charge on any atom is 0.136 e. The first kappa shape index (κ1) is 10.6. The van der Waals surface area contributed by atoms with E-state index in [1.165, 1.54) is 6.07 Å². The van der Waals surface area contributed by atoms with Crippen LogP contribution in [0.2, 0.25) is 5.02 Å². The Bertz CT molecular complexity index is 365. The van der Waals surface area contributed by atoms with E-state index < -0.39 is 0 Å². The van der Waals surface area contributed by atoms with E-state index in [-0.39, 0.29) is 17.5 Å². The molecule has 0 saturated heterocycles. The molecule has 0 heterocycles. The summed E-state index contributed by atoms with van der Waals surface area (Å²) >= 11 is 5.86. The second kappa shape index (κ2) is 4.31. The van der Waals surface area contributed by atoms with Crippen LogP contribution >= 0.6 is 11.6 Å². The maximum absolute atomic E-state index is 13.3. The summed E-state index contributed by atoms with van der Waals surface area (Å²) in [5.74, 6) is 0.177. The summed E-state index contributed by atoms with van der Waals surface area (Å²) in [5.41, 5.74) is 0.466. The second-order valence-corrected chi connectivity index (χ2v) is 4.35. The van der Waals surface area contributed by atoms with E-state index in [0.29, 0.717) is 23.4 Å². The van der Waals surface area contributed by atoms with Gasteiger partial charge in [0.15, 0.2) is 0 Å². The molecule has 15 heavy (non-hydrogen) atoms. The van der Waals surface area contributed by atoms with Gasteiger partial charge < -0.3 is 0 Å². The van der Waals surface area contributed by atoms with Crippen LogP contribution in [0.3, 0.4) is 0 Å². The number of benzene rings is 1. The summed E-state index contributed by atoms with van der Waals surface area (Å²) in [6.45, 7) is 0. The molecule has 0 N–H and O–H groups in total. The van der Waals surface area contributed by atoms with Crippen molar-refractivity contribution in [1.82, 2.24) is 0 Å². The average molecular weight is 227 g/mol. The molecule has 80 valence electrons. The quantitative estimate of drug-likeness (QED) is 0.769. The third kappa shape index (κ3) is 2.57. The lowest BCUT2D eigenvalue weighted by molar-refractivity contribution is -0.120. The van der Waals surface area contributed by atoms with Crippen LogP contribution in [0.5, 0.6) is 0 Å². The molecule has 0 radical (unpaired) electrons. The lowest BCUT2D eigenvalue weighted by Crippen LogP contribution is -2.03. The zero-order valence-electron chi connectivity index (χ0n) is 8.30. The van der Waals surface area contributed by atoms with Crippen molar-refractivity contribution in [1.29, 1.82) is 0 Å². The highest BCUT2D eigenvalue weighted by molar-refractivity contribution is 6.31. The van der Waals surface area contributed by atoms with Crippen molar-refractivity contribution in [2.24, 2.45) is 5.92 Å². The van der Waals surface area contributed by atoms with Crippen LogP contribution in [0.25, 0.3) is 0 Å². The van der Waals surface area contributed by atoms with Crippen LogP contribution < -0.4 is 0 Å². The summed E-state index contributed by atoms with van der Waals surface area (Å²) < 4.78 is 13.3. The van der Waals surface area contributed by atoms with Crippen molar-refractivity contribution in [2.75, 3.05) is 0 Å². The molecular weight excluding hydrogens is 215 g/mol. The highest BCUT2D eigenvalue weighted by Gasteiger charge is 2.28. The molecule has 0 amide bonds. The van der Waals surface area contributed by atoms with Gasteiger partial charge in [-0.3, -0.25) is 4.79 Å². The molecule has 0 aliphatic heterocycles. The van der Waals surface area contributed by atoms with Crippen LogP contribution in [-0.2, 0) is 11.2 Å². The van der Waals surface area contributed by atoms with Crippen molar-refractivity contribution in [3.05, 3.63) is 34.6 Å². The molecule has 1 saturated carbocycles. The van der Waals surface area contributed by atoms with E-state index in [4.69, 9.17) is 11.6 Å². The molecule has 1 aromatic carbocycles. The van der Waals surface area contributed by atoms with E-state index in [1.807, 2.05) is 0 Å². The lowest BCUT2D eigenvalue weighted by Gasteiger charge is -2.04.